The lowest BCUT2D eigenvalue weighted by Gasteiger charge is -2.53. The van der Waals surface area contributed by atoms with E-state index in [0.717, 1.165) is 12.8 Å². The SMILES string of the molecule is O=C(OCC1c2ccccc2-c2ccccc21)N1C2COCC1CC(O)(C1CCCCCC1)C2. The van der Waals surface area contributed by atoms with Crippen LogP contribution < -0.4 is 0 Å². The minimum absolute atomic E-state index is 0.0557. The lowest BCUT2D eigenvalue weighted by atomic mass is 9.71. The summed E-state index contributed by atoms with van der Waals surface area (Å²) in [7, 11) is 0. The Labute approximate surface area is 202 Å². The molecule has 2 heterocycles. The second-order valence-electron chi connectivity index (χ2n) is 10.8. The maximum atomic E-state index is 13.4. The molecule has 3 fully saturated rings. The van der Waals surface area contributed by atoms with Crippen molar-refractivity contribution >= 4 is 6.09 Å². The van der Waals surface area contributed by atoms with E-state index in [2.05, 4.69) is 48.5 Å². The Morgan fingerprint density at radius 2 is 1.47 bits per heavy atom. The maximum absolute atomic E-state index is 13.4. The molecule has 2 unspecified atom stereocenters. The fraction of sp³-hybridized carbons (Fsp3) is 0.552. The summed E-state index contributed by atoms with van der Waals surface area (Å²) in [5.41, 5.74) is 4.22. The van der Waals surface area contributed by atoms with Crippen LogP contribution in [0.15, 0.2) is 48.5 Å². The van der Waals surface area contributed by atoms with Gasteiger partial charge in [-0.1, -0.05) is 74.2 Å². The molecule has 2 aliphatic carbocycles. The highest BCUT2D eigenvalue weighted by molar-refractivity contribution is 5.79. The van der Waals surface area contributed by atoms with Gasteiger partial charge in [0, 0.05) is 5.92 Å². The van der Waals surface area contributed by atoms with Gasteiger partial charge in [0.25, 0.3) is 0 Å². The molecule has 6 rings (SSSR count). The van der Waals surface area contributed by atoms with Gasteiger partial charge in [-0.3, -0.25) is 4.90 Å². The fourth-order valence-corrected chi connectivity index (χ4v) is 7.13. The smallest absolute Gasteiger partial charge is 0.410 e. The minimum atomic E-state index is -0.691. The predicted molar refractivity (Wildman–Crippen MR) is 131 cm³/mol. The Morgan fingerprint density at radius 1 is 0.912 bits per heavy atom. The molecule has 2 aromatic rings. The molecule has 5 heteroatoms. The second kappa shape index (κ2) is 9.01. The number of morpholine rings is 1. The Morgan fingerprint density at radius 3 is 2.06 bits per heavy atom. The molecule has 180 valence electrons. The summed E-state index contributed by atoms with van der Waals surface area (Å²) in [6.07, 6.45) is 8.08. The van der Waals surface area contributed by atoms with E-state index in [0.29, 0.717) is 38.6 Å². The molecule has 0 radical (unpaired) electrons. The van der Waals surface area contributed by atoms with E-state index in [1.807, 2.05) is 4.90 Å². The Hall–Kier alpha value is -2.37. The van der Waals surface area contributed by atoms with Gasteiger partial charge in [-0.15, -0.1) is 0 Å². The van der Waals surface area contributed by atoms with Gasteiger partial charge in [0.1, 0.15) is 6.61 Å². The zero-order valence-corrected chi connectivity index (χ0v) is 19.8. The Balaban J connectivity index is 1.17. The molecule has 1 N–H and O–H groups in total. The molecule has 2 saturated heterocycles. The van der Waals surface area contributed by atoms with E-state index in [-0.39, 0.29) is 24.1 Å². The Bertz CT molecular complexity index is 984. The molecule has 1 amide bonds. The van der Waals surface area contributed by atoms with Crippen LogP contribution in [0.2, 0.25) is 0 Å². The van der Waals surface area contributed by atoms with Gasteiger partial charge in [-0.05, 0) is 53.9 Å². The highest BCUT2D eigenvalue weighted by Crippen LogP contribution is 2.46. The van der Waals surface area contributed by atoms with E-state index < -0.39 is 5.60 Å². The number of hydrogen-bond acceptors (Lipinski definition) is 4. The minimum Gasteiger partial charge on any atom is -0.448 e. The number of piperidine rings is 1. The van der Waals surface area contributed by atoms with Gasteiger partial charge in [0.05, 0.1) is 30.9 Å². The molecule has 5 nitrogen and oxygen atoms in total. The summed E-state index contributed by atoms with van der Waals surface area (Å²) < 4.78 is 11.8. The van der Waals surface area contributed by atoms with E-state index in [9.17, 15) is 9.90 Å². The maximum Gasteiger partial charge on any atom is 0.410 e. The third-order valence-corrected chi connectivity index (χ3v) is 8.75. The van der Waals surface area contributed by atoms with Crippen molar-refractivity contribution in [2.24, 2.45) is 5.92 Å². The van der Waals surface area contributed by atoms with Crippen molar-refractivity contribution < 1.29 is 19.4 Å². The first kappa shape index (κ1) is 22.1. The van der Waals surface area contributed by atoms with E-state index >= 15 is 0 Å². The number of ether oxygens (including phenoxy) is 2. The number of hydrogen-bond donors (Lipinski definition) is 1. The average molecular weight is 462 g/mol. The zero-order chi connectivity index (χ0) is 23.1. The molecule has 0 spiro atoms. The van der Waals surface area contributed by atoms with Gasteiger partial charge in [-0.25, -0.2) is 4.79 Å². The number of benzene rings is 2. The lowest BCUT2D eigenvalue weighted by molar-refractivity contribution is -0.154. The molecule has 2 aromatic carbocycles. The largest absolute Gasteiger partial charge is 0.448 e. The summed E-state index contributed by atoms with van der Waals surface area (Å²) >= 11 is 0. The third-order valence-electron chi connectivity index (χ3n) is 8.75. The number of nitrogens with zero attached hydrogens (tertiary/aromatic N) is 1. The molecular formula is C29H35NO4. The first-order valence-corrected chi connectivity index (χ1v) is 13.1. The number of aliphatic hydroxyl groups is 1. The molecule has 2 bridgehead atoms. The van der Waals surface area contributed by atoms with E-state index in [1.165, 1.54) is 47.9 Å². The lowest BCUT2D eigenvalue weighted by Crippen LogP contribution is -2.65. The van der Waals surface area contributed by atoms with Crippen molar-refractivity contribution in [1.29, 1.82) is 0 Å². The predicted octanol–water partition coefficient (Wildman–Crippen LogP) is 5.50. The Kier molecular flexibility index (Phi) is 5.86. The second-order valence-corrected chi connectivity index (χ2v) is 10.8. The van der Waals surface area contributed by atoms with Crippen LogP contribution in [-0.2, 0) is 9.47 Å². The van der Waals surface area contributed by atoms with E-state index in [1.54, 1.807) is 0 Å². The fourth-order valence-electron chi connectivity index (χ4n) is 7.13. The molecule has 1 saturated carbocycles. The number of rotatable bonds is 3. The van der Waals surface area contributed by atoms with Crippen LogP contribution in [0.1, 0.15) is 68.4 Å². The van der Waals surface area contributed by atoms with Crippen molar-refractivity contribution in [3.05, 3.63) is 59.7 Å². The van der Waals surface area contributed by atoms with Crippen LogP contribution in [0.25, 0.3) is 11.1 Å². The molecule has 34 heavy (non-hydrogen) atoms. The average Bonchev–Trinajstić information content (AvgIpc) is 2.98. The summed E-state index contributed by atoms with van der Waals surface area (Å²) in [6.45, 7) is 1.29. The van der Waals surface area contributed by atoms with Crippen molar-refractivity contribution in [1.82, 2.24) is 4.90 Å². The van der Waals surface area contributed by atoms with Crippen molar-refractivity contribution in [2.45, 2.75) is 75.0 Å². The van der Waals surface area contributed by atoms with Crippen molar-refractivity contribution in [2.75, 3.05) is 19.8 Å². The molecule has 2 aliphatic heterocycles. The van der Waals surface area contributed by atoms with Crippen LogP contribution in [-0.4, -0.2) is 53.6 Å². The highest BCUT2D eigenvalue weighted by atomic mass is 16.6. The number of carbonyl (C=O) groups is 1. The van der Waals surface area contributed by atoms with Crippen LogP contribution in [0.5, 0.6) is 0 Å². The van der Waals surface area contributed by atoms with Gasteiger partial charge in [0.2, 0.25) is 0 Å². The zero-order valence-electron chi connectivity index (χ0n) is 19.8. The van der Waals surface area contributed by atoms with Gasteiger partial charge < -0.3 is 14.6 Å². The standard InChI is InChI=1S/C29H35NO4/c31-28(34-19-27-25-13-7-5-11-23(25)24-12-6-8-14-26(24)27)30-21-15-29(32,16-22(30)18-33-17-21)20-9-3-1-2-4-10-20/h5-8,11-14,20-22,27,32H,1-4,9-10,15-19H2. The van der Waals surface area contributed by atoms with Crippen molar-refractivity contribution in [3.63, 3.8) is 0 Å². The van der Waals surface area contributed by atoms with Crippen molar-refractivity contribution in [3.8, 4) is 11.1 Å². The van der Waals surface area contributed by atoms with Gasteiger partial charge >= 0.3 is 6.09 Å². The molecule has 2 atom stereocenters. The first-order chi connectivity index (χ1) is 16.6. The number of carbonyl (C=O) groups excluding carboxylic acids is 1. The van der Waals surface area contributed by atoms with Gasteiger partial charge in [-0.2, -0.15) is 0 Å². The first-order valence-electron chi connectivity index (χ1n) is 13.1. The van der Waals surface area contributed by atoms with Crippen LogP contribution in [0.4, 0.5) is 4.79 Å². The summed E-state index contributed by atoms with van der Waals surface area (Å²) in [4.78, 5) is 15.3. The number of amides is 1. The molecule has 0 aromatic heterocycles. The quantitative estimate of drug-likeness (QED) is 0.613. The monoisotopic (exact) mass is 461 g/mol. The molecule has 4 aliphatic rings. The van der Waals surface area contributed by atoms with Crippen LogP contribution in [0.3, 0.4) is 0 Å². The summed E-state index contributed by atoms with van der Waals surface area (Å²) in [6, 6.07) is 16.6. The third kappa shape index (κ3) is 3.83. The molecular weight excluding hydrogens is 426 g/mol. The van der Waals surface area contributed by atoms with Crippen LogP contribution in [0, 0.1) is 5.92 Å². The normalized spacial score (nSPS) is 29.3. The summed E-state index contributed by atoms with van der Waals surface area (Å²) in [5, 5.41) is 11.7. The van der Waals surface area contributed by atoms with E-state index in [4.69, 9.17) is 9.47 Å². The highest BCUT2D eigenvalue weighted by Gasteiger charge is 2.51. The van der Waals surface area contributed by atoms with Gasteiger partial charge in [0.15, 0.2) is 0 Å². The summed E-state index contributed by atoms with van der Waals surface area (Å²) in [5.74, 6) is 0.392. The topological polar surface area (TPSA) is 59.0 Å². The van der Waals surface area contributed by atoms with Crippen LogP contribution >= 0.6 is 0 Å². The number of fused-ring (bicyclic) bond motifs is 5.